The zero-order valence-corrected chi connectivity index (χ0v) is 8.89. The molecule has 0 bridgehead atoms. The minimum atomic E-state index is 0.610. The first-order valence-corrected chi connectivity index (χ1v) is 5.85. The van der Waals surface area contributed by atoms with E-state index in [0.29, 0.717) is 5.82 Å². The maximum atomic E-state index is 5.49. The molecule has 2 N–H and O–H groups in total. The van der Waals surface area contributed by atoms with E-state index in [1.54, 1.807) is 0 Å². The monoisotopic (exact) mass is 199 g/mol. The molecule has 0 amide bonds. The van der Waals surface area contributed by atoms with Gasteiger partial charge < -0.3 is 5.73 Å². The summed E-state index contributed by atoms with van der Waals surface area (Å²) in [5, 5.41) is 4.11. The van der Waals surface area contributed by atoms with Crippen molar-refractivity contribution in [3.05, 3.63) is 12.3 Å². The fraction of sp³-hybridized carbons (Fsp3) is 0.667. The Labute approximate surface area is 83.7 Å². The van der Waals surface area contributed by atoms with Gasteiger partial charge in [0.05, 0.1) is 6.54 Å². The van der Waals surface area contributed by atoms with Crippen molar-refractivity contribution in [1.29, 1.82) is 0 Å². The van der Waals surface area contributed by atoms with Crippen molar-refractivity contribution >= 4 is 17.6 Å². The summed E-state index contributed by atoms with van der Waals surface area (Å²) in [6.45, 7) is 3.18. The summed E-state index contributed by atoms with van der Waals surface area (Å²) < 4.78 is 1.90. The number of aromatic nitrogens is 2. The lowest BCUT2D eigenvalue weighted by atomic mass is 10.4. The molecule has 0 saturated heterocycles. The van der Waals surface area contributed by atoms with Crippen molar-refractivity contribution in [2.24, 2.45) is 0 Å². The van der Waals surface area contributed by atoms with E-state index >= 15 is 0 Å². The predicted octanol–water partition coefficient (Wildman–Crippen LogP) is 2.00. The Kier molecular flexibility index (Phi) is 4.75. The summed E-state index contributed by atoms with van der Waals surface area (Å²) in [5.41, 5.74) is 5.49. The van der Waals surface area contributed by atoms with E-state index in [1.165, 1.54) is 18.6 Å². The van der Waals surface area contributed by atoms with Crippen LogP contribution in [0, 0.1) is 0 Å². The van der Waals surface area contributed by atoms with Gasteiger partial charge in [-0.25, -0.2) is 0 Å². The molecule has 0 aliphatic heterocycles. The van der Waals surface area contributed by atoms with Crippen molar-refractivity contribution in [3.63, 3.8) is 0 Å². The third-order valence-corrected chi connectivity index (χ3v) is 2.82. The molecule has 0 atom stereocenters. The molecule has 3 nitrogen and oxygen atoms in total. The van der Waals surface area contributed by atoms with Gasteiger partial charge in [-0.3, -0.25) is 4.68 Å². The summed E-state index contributed by atoms with van der Waals surface area (Å²) in [6.07, 6.45) is 4.52. The average molecular weight is 199 g/mol. The number of thioether (sulfide) groups is 1. The molecule has 0 spiro atoms. The number of rotatable bonds is 6. The number of unbranched alkanes of at least 4 members (excludes halogenated alkanes) is 1. The molecule has 1 heterocycles. The lowest BCUT2D eigenvalue weighted by Gasteiger charge is -2.00. The van der Waals surface area contributed by atoms with Crippen molar-refractivity contribution < 1.29 is 0 Å². The Morgan fingerprint density at radius 3 is 3.00 bits per heavy atom. The molecule has 0 aliphatic carbocycles. The minimum absolute atomic E-state index is 0.610. The van der Waals surface area contributed by atoms with E-state index in [4.69, 9.17) is 5.73 Å². The van der Waals surface area contributed by atoms with Crippen LogP contribution < -0.4 is 5.73 Å². The van der Waals surface area contributed by atoms with Gasteiger partial charge in [-0.05, 0) is 18.2 Å². The Bertz CT molecular complexity index is 235. The molecule has 74 valence electrons. The highest BCUT2D eigenvalue weighted by Gasteiger charge is 1.94. The molecule has 0 saturated carbocycles. The highest BCUT2D eigenvalue weighted by Crippen LogP contribution is 2.05. The van der Waals surface area contributed by atoms with Crippen LogP contribution in [0.15, 0.2) is 12.3 Å². The zero-order valence-electron chi connectivity index (χ0n) is 8.07. The van der Waals surface area contributed by atoms with Gasteiger partial charge in [0.25, 0.3) is 0 Å². The number of aryl methyl sites for hydroxylation is 1. The number of anilines is 1. The topological polar surface area (TPSA) is 43.8 Å². The van der Waals surface area contributed by atoms with Gasteiger partial charge in [-0.2, -0.15) is 16.9 Å². The van der Waals surface area contributed by atoms with Crippen molar-refractivity contribution in [2.45, 2.75) is 26.3 Å². The van der Waals surface area contributed by atoms with Crippen LogP contribution in [0.4, 0.5) is 5.82 Å². The first-order valence-electron chi connectivity index (χ1n) is 4.69. The van der Waals surface area contributed by atoms with Crippen LogP contribution in [0.25, 0.3) is 0 Å². The molecule has 1 aromatic rings. The number of nitrogens with two attached hydrogens (primary N) is 1. The lowest BCUT2D eigenvalue weighted by molar-refractivity contribution is 0.669. The molecule has 1 aromatic heterocycles. The van der Waals surface area contributed by atoms with Gasteiger partial charge in [0, 0.05) is 11.9 Å². The van der Waals surface area contributed by atoms with E-state index in [1.807, 2.05) is 28.7 Å². The van der Waals surface area contributed by atoms with Crippen LogP contribution in [0.3, 0.4) is 0 Å². The molecule has 0 fully saturated rings. The molecule has 0 unspecified atom stereocenters. The van der Waals surface area contributed by atoms with Crippen LogP contribution in [0.2, 0.25) is 0 Å². The largest absolute Gasteiger partial charge is 0.382 e. The van der Waals surface area contributed by atoms with Gasteiger partial charge in [0.2, 0.25) is 0 Å². The SMILES string of the molecule is CCCCSCCn1ccc(N)n1. The Hall–Kier alpha value is -0.640. The Balaban J connectivity index is 2.06. The summed E-state index contributed by atoms with van der Waals surface area (Å²) in [6, 6.07) is 1.83. The number of nitrogen functional groups attached to an aromatic ring is 1. The molecule has 4 heteroatoms. The normalized spacial score (nSPS) is 10.5. The van der Waals surface area contributed by atoms with Gasteiger partial charge in [0.1, 0.15) is 5.82 Å². The summed E-state index contributed by atoms with van der Waals surface area (Å²) in [7, 11) is 0. The summed E-state index contributed by atoms with van der Waals surface area (Å²) >= 11 is 1.98. The lowest BCUT2D eigenvalue weighted by Crippen LogP contribution is -2.02. The van der Waals surface area contributed by atoms with Crippen LogP contribution in [-0.4, -0.2) is 21.3 Å². The third-order valence-electron chi connectivity index (χ3n) is 1.77. The van der Waals surface area contributed by atoms with Crippen LogP contribution in [0.1, 0.15) is 19.8 Å². The quantitative estimate of drug-likeness (QED) is 0.713. The maximum Gasteiger partial charge on any atom is 0.145 e. The molecule has 0 radical (unpaired) electrons. The molecule has 13 heavy (non-hydrogen) atoms. The second kappa shape index (κ2) is 5.91. The average Bonchev–Trinajstić information content (AvgIpc) is 2.51. The van der Waals surface area contributed by atoms with Crippen molar-refractivity contribution in [2.75, 3.05) is 17.2 Å². The van der Waals surface area contributed by atoms with E-state index in [9.17, 15) is 0 Å². The van der Waals surface area contributed by atoms with Crippen molar-refractivity contribution in [1.82, 2.24) is 9.78 Å². The number of hydrogen-bond donors (Lipinski definition) is 1. The fourth-order valence-corrected chi connectivity index (χ4v) is 2.02. The van der Waals surface area contributed by atoms with Gasteiger partial charge >= 0.3 is 0 Å². The number of hydrogen-bond acceptors (Lipinski definition) is 3. The highest BCUT2D eigenvalue weighted by atomic mass is 32.2. The second-order valence-electron chi connectivity index (χ2n) is 2.97. The highest BCUT2D eigenvalue weighted by molar-refractivity contribution is 7.99. The molecule has 0 aliphatic rings. The summed E-state index contributed by atoms with van der Waals surface area (Å²) in [5.74, 6) is 2.99. The first kappa shape index (κ1) is 10.4. The van der Waals surface area contributed by atoms with E-state index in [-0.39, 0.29) is 0 Å². The summed E-state index contributed by atoms with van der Waals surface area (Å²) in [4.78, 5) is 0. The standard InChI is InChI=1S/C9H17N3S/c1-2-3-7-13-8-6-12-5-4-9(10)11-12/h4-5H,2-3,6-8H2,1H3,(H2,10,11). The van der Waals surface area contributed by atoms with Crippen LogP contribution in [0.5, 0.6) is 0 Å². The molecule has 1 rings (SSSR count). The van der Waals surface area contributed by atoms with Gasteiger partial charge in [0.15, 0.2) is 0 Å². The maximum absolute atomic E-state index is 5.49. The van der Waals surface area contributed by atoms with E-state index < -0.39 is 0 Å². The second-order valence-corrected chi connectivity index (χ2v) is 4.19. The van der Waals surface area contributed by atoms with Crippen molar-refractivity contribution in [3.8, 4) is 0 Å². The molecule has 0 aromatic carbocycles. The first-order chi connectivity index (χ1) is 6.33. The van der Waals surface area contributed by atoms with Crippen LogP contribution in [-0.2, 0) is 6.54 Å². The van der Waals surface area contributed by atoms with E-state index in [0.717, 1.165) is 12.3 Å². The minimum Gasteiger partial charge on any atom is -0.382 e. The van der Waals surface area contributed by atoms with Gasteiger partial charge in [-0.1, -0.05) is 13.3 Å². The molecular formula is C9H17N3S. The predicted molar refractivity (Wildman–Crippen MR) is 58.9 cm³/mol. The van der Waals surface area contributed by atoms with E-state index in [2.05, 4.69) is 12.0 Å². The zero-order chi connectivity index (χ0) is 9.52. The Morgan fingerprint density at radius 1 is 1.54 bits per heavy atom. The van der Waals surface area contributed by atoms with Crippen LogP contribution >= 0.6 is 11.8 Å². The molecular weight excluding hydrogens is 182 g/mol. The van der Waals surface area contributed by atoms with Gasteiger partial charge in [-0.15, -0.1) is 0 Å². The number of nitrogens with zero attached hydrogens (tertiary/aromatic N) is 2. The smallest absolute Gasteiger partial charge is 0.145 e. The Morgan fingerprint density at radius 2 is 2.38 bits per heavy atom. The fourth-order valence-electron chi connectivity index (χ4n) is 1.01. The third kappa shape index (κ3) is 4.22.